The van der Waals surface area contributed by atoms with Crippen molar-refractivity contribution < 1.29 is 4.79 Å². The summed E-state index contributed by atoms with van der Waals surface area (Å²) < 4.78 is 0. The Labute approximate surface area is 186 Å². The van der Waals surface area contributed by atoms with Crippen LogP contribution >= 0.6 is 0 Å². The van der Waals surface area contributed by atoms with E-state index < -0.39 is 0 Å². The third-order valence-corrected chi connectivity index (χ3v) is 5.71. The number of rotatable bonds is 7. The highest BCUT2D eigenvalue weighted by Gasteiger charge is 2.06. The molecule has 0 aromatic heterocycles. The van der Waals surface area contributed by atoms with E-state index in [2.05, 4.69) is 67.7 Å². The molecule has 2 nitrogen and oxygen atoms in total. The fourth-order valence-electron chi connectivity index (χ4n) is 4.27. The lowest BCUT2D eigenvalue weighted by Gasteiger charge is -2.12. The second kappa shape index (κ2) is 11.4. The van der Waals surface area contributed by atoms with E-state index in [1.54, 1.807) is 0 Å². The normalized spacial score (nSPS) is 10.7. The van der Waals surface area contributed by atoms with Gasteiger partial charge in [-0.25, -0.2) is 0 Å². The molecule has 0 atom stereocenters. The molecule has 1 N–H and O–H groups in total. The van der Waals surface area contributed by atoms with Gasteiger partial charge in [-0.05, 0) is 58.1 Å². The van der Waals surface area contributed by atoms with Gasteiger partial charge in [-0.1, -0.05) is 99.5 Å². The van der Waals surface area contributed by atoms with E-state index in [0.29, 0.717) is 0 Å². The van der Waals surface area contributed by atoms with Gasteiger partial charge in [0.05, 0.1) is 0 Å². The highest BCUT2D eigenvalue weighted by Crippen LogP contribution is 2.24. The summed E-state index contributed by atoms with van der Waals surface area (Å²) in [5, 5.41) is 8.44. The number of aryl methyl sites for hydroxylation is 2. The van der Waals surface area contributed by atoms with Crippen LogP contribution in [0.3, 0.4) is 0 Å². The van der Waals surface area contributed by atoms with Crippen molar-refractivity contribution >= 4 is 27.8 Å². The van der Waals surface area contributed by atoms with Crippen molar-refractivity contribution in [1.29, 1.82) is 0 Å². The lowest BCUT2D eigenvalue weighted by Crippen LogP contribution is -2.08. The third-order valence-electron chi connectivity index (χ3n) is 5.71. The van der Waals surface area contributed by atoms with Gasteiger partial charge in [-0.15, -0.1) is 0 Å². The van der Waals surface area contributed by atoms with E-state index in [9.17, 15) is 4.79 Å². The number of hydrogen-bond acceptors (Lipinski definition) is 2. The molecule has 0 spiro atoms. The molecule has 0 amide bonds. The maximum Gasteiger partial charge on any atom is 0.150 e. The highest BCUT2D eigenvalue weighted by molar-refractivity contribution is 5.93. The van der Waals surface area contributed by atoms with Crippen molar-refractivity contribution in [2.75, 3.05) is 7.05 Å². The average Bonchev–Trinajstić information content (AvgIpc) is 2.81. The summed E-state index contributed by atoms with van der Waals surface area (Å²) in [5.74, 6) is 0. The second-order valence-corrected chi connectivity index (χ2v) is 7.93. The first-order valence-electron chi connectivity index (χ1n) is 11.3. The first kappa shape index (κ1) is 22.7. The van der Waals surface area contributed by atoms with Gasteiger partial charge in [0.1, 0.15) is 6.29 Å². The Morgan fingerprint density at radius 2 is 1.26 bits per heavy atom. The van der Waals surface area contributed by atoms with Gasteiger partial charge in [0.15, 0.2) is 0 Å². The molecule has 0 saturated carbocycles. The van der Waals surface area contributed by atoms with E-state index in [-0.39, 0.29) is 0 Å². The molecule has 2 heteroatoms. The molecule has 0 unspecified atom stereocenters. The number of nitrogens with one attached hydrogen (secondary N) is 1. The summed E-state index contributed by atoms with van der Waals surface area (Å²) in [6.07, 6.45) is 5.35. The van der Waals surface area contributed by atoms with E-state index >= 15 is 0 Å². The molecule has 4 rings (SSSR count). The zero-order valence-corrected chi connectivity index (χ0v) is 18.9. The molecule has 0 aliphatic carbocycles. The summed E-state index contributed by atoms with van der Waals surface area (Å²) in [4.78, 5) is 10.9. The fourth-order valence-corrected chi connectivity index (χ4v) is 4.27. The van der Waals surface area contributed by atoms with Gasteiger partial charge in [0.25, 0.3) is 0 Å². The minimum absolute atomic E-state index is 0.829. The molecule has 0 heterocycles. The Bertz CT molecular complexity index is 1150. The number of carbonyl (C=O) groups is 1. The number of carbonyl (C=O) groups excluding carboxylic acids is 1. The summed E-state index contributed by atoms with van der Waals surface area (Å²) in [6, 6.07) is 25.3. The van der Waals surface area contributed by atoms with Crippen LogP contribution in [0.5, 0.6) is 0 Å². The summed E-state index contributed by atoms with van der Waals surface area (Å²) in [6.45, 7) is 5.33. The number of aldehydes is 1. The molecule has 0 radical (unpaired) electrons. The van der Waals surface area contributed by atoms with Gasteiger partial charge in [-0.2, -0.15) is 0 Å². The maximum absolute atomic E-state index is 10.9. The summed E-state index contributed by atoms with van der Waals surface area (Å²) in [7, 11) is 2.00. The van der Waals surface area contributed by atoms with Crippen LogP contribution < -0.4 is 5.32 Å². The van der Waals surface area contributed by atoms with Crippen molar-refractivity contribution in [2.45, 2.75) is 46.1 Å². The predicted molar refractivity (Wildman–Crippen MR) is 134 cm³/mol. The van der Waals surface area contributed by atoms with Crippen molar-refractivity contribution in [2.24, 2.45) is 0 Å². The van der Waals surface area contributed by atoms with Gasteiger partial charge >= 0.3 is 0 Å². The van der Waals surface area contributed by atoms with Gasteiger partial charge in [0.2, 0.25) is 0 Å². The Kier molecular flexibility index (Phi) is 8.37. The van der Waals surface area contributed by atoms with Crippen LogP contribution in [-0.4, -0.2) is 13.3 Å². The van der Waals surface area contributed by atoms with Gasteiger partial charge in [-0.3, -0.25) is 4.79 Å². The summed E-state index contributed by atoms with van der Waals surface area (Å²) >= 11 is 0. The molecule has 0 aliphatic heterocycles. The van der Waals surface area contributed by atoms with Crippen molar-refractivity contribution in [3.63, 3.8) is 0 Å². The molecule has 160 valence electrons. The van der Waals surface area contributed by atoms with Crippen LogP contribution in [0.25, 0.3) is 21.5 Å². The van der Waals surface area contributed by atoms with Crippen molar-refractivity contribution in [1.82, 2.24) is 5.32 Å². The Hall–Kier alpha value is -2.97. The topological polar surface area (TPSA) is 29.1 Å². The summed E-state index contributed by atoms with van der Waals surface area (Å²) in [5.41, 5.74) is 4.96. The number of fused-ring (bicyclic) bond motifs is 2. The molecular formula is C29H33NO. The predicted octanol–water partition coefficient (Wildman–Crippen LogP) is 7.12. The zero-order chi connectivity index (χ0) is 22.1. The molecule has 0 aliphatic rings. The first-order chi connectivity index (χ1) is 15.2. The fraction of sp³-hybridized carbons (Fsp3) is 0.276. The maximum atomic E-state index is 10.9. The molecule has 4 aromatic carbocycles. The average molecular weight is 412 g/mol. The van der Waals surface area contributed by atoms with Gasteiger partial charge < -0.3 is 5.32 Å². The Morgan fingerprint density at radius 1 is 0.710 bits per heavy atom. The van der Waals surface area contributed by atoms with Crippen LogP contribution in [0, 0.1) is 0 Å². The molecule has 4 aromatic rings. The van der Waals surface area contributed by atoms with E-state index in [1.807, 2.05) is 31.3 Å². The smallest absolute Gasteiger partial charge is 0.150 e. The zero-order valence-electron chi connectivity index (χ0n) is 18.9. The minimum Gasteiger partial charge on any atom is -0.316 e. The van der Waals surface area contributed by atoms with E-state index in [4.69, 9.17) is 0 Å². The Morgan fingerprint density at radius 3 is 1.84 bits per heavy atom. The van der Waals surface area contributed by atoms with Crippen LogP contribution in [0.2, 0.25) is 0 Å². The van der Waals surface area contributed by atoms with E-state index in [0.717, 1.165) is 31.2 Å². The molecule has 0 bridgehead atoms. The quantitative estimate of drug-likeness (QED) is 0.328. The molecule has 0 saturated heterocycles. The molecule has 31 heavy (non-hydrogen) atoms. The largest absolute Gasteiger partial charge is 0.316 e. The third kappa shape index (κ3) is 5.39. The Balaban J connectivity index is 0.000000176. The van der Waals surface area contributed by atoms with Gasteiger partial charge in [0, 0.05) is 12.1 Å². The minimum atomic E-state index is 0.829. The lowest BCUT2D eigenvalue weighted by molar-refractivity contribution is 0.112. The highest BCUT2D eigenvalue weighted by atomic mass is 16.1. The molecular weight excluding hydrogens is 378 g/mol. The lowest BCUT2D eigenvalue weighted by atomic mass is 9.95. The molecule has 0 fully saturated rings. The standard InChI is InChI=1S/C15H19N.C14H14O/c1-3-6-14-13(11-16-2)10-9-12-7-4-5-8-15(12)14;1-2-5-13-12(10-15)9-8-11-6-3-4-7-14(11)13/h4-5,7-10,16H,3,6,11H2,1-2H3;3-4,6-10H,2,5H2,1H3. The second-order valence-electron chi connectivity index (χ2n) is 7.93. The van der Waals surface area contributed by atoms with Crippen molar-refractivity contribution in [3.05, 3.63) is 95.1 Å². The monoisotopic (exact) mass is 411 g/mol. The van der Waals surface area contributed by atoms with Crippen LogP contribution in [0.4, 0.5) is 0 Å². The SMILES string of the molecule is CCCc1c(C=O)ccc2ccccc12.CCCc1c(CNC)ccc2ccccc12. The van der Waals surface area contributed by atoms with Crippen LogP contribution in [0.15, 0.2) is 72.8 Å². The van der Waals surface area contributed by atoms with Crippen molar-refractivity contribution in [3.8, 4) is 0 Å². The van der Waals surface area contributed by atoms with Crippen LogP contribution in [-0.2, 0) is 19.4 Å². The number of hydrogen-bond donors (Lipinski definition) is 1. The van der Waals surface area contributed by atoms with Crippen LogP contribution in [0.1, 0.15) is 53.7 Å². The van der Waals surface area contributed by atoms with E-state index in [1.165, 1.54) is 51.1 Å². The number of benzene rings is 4. The first-order valence-corrected chi connectivity index (χ1v) is 11.3.